The number of benzene rings is 2. The predicted molar refractivity (Wildman–Crippen MR) is 109 cm³/mol. The van der Waals surface area contributed by atoms with Crippen LogP contribution in [-0.4, -0.2) is 38.9 Å². The van der Waals surface area contributed by atoms with Gasteiger partial charge in [-0.15, -0.1) is 5.10 Å². The van der Waals surface area contributed by atoms with E-state index in [0.717, 1.165) is 27.9 Å². The van der Waals surface area contributed by atoms with Crippen molar-refractivity contribution in [3.05, 3.63) is 76.5 Å². The first-order valence-corrected chi connectivity index (χ1v) is 10.1. The summed E-state index contributed by atoms with van der Waals surface area (Å²) in [6.45, 7) is 1.74. The van der Waals surface area contributed by atoms with E-state index >= 15 is 0 Å². The molecule has 28 heavy (non-hydrogen) atoms. The Balaban J connectivity index is 1.23. The minimum atomic E-state index is 0.180. The molecule has 0 atom stereocenters. The quantitative estimate of drug-likeness (QED) is 0.562. The van der Waals surface area contributed by atoms with Gasteiger partial charge in [0.15, 0.2) is 0 Å². The van der Waals surface area contributed by atoms with Crippen molar-refractivity contribution in [1.29, 1.82) is 0 Å². The largest absolute Gasteiger partial charge is 0.487 e. The highest BCUT2D eigenvalue weighted by Crippen LogP contribution is 2.23. The molecule has 1 saturated heterocycles. The normalized spacial score (nSPS) is 14.0. The second kappa shape index (κ2) is 8.56. The van der Waals surface area contributed by atoms with Crippen LogP contribution in [-0.2, 0) is 17.8 Å². The third-order valence-corrected chi connectivity index (χ3v) is 5.62. The Morgan fingerprint density at radius 3 is 2.64 bits per heavy atom. The van der Waals surface area contributed by atoms with Crippen LogP contribution >= 0.6 is 15.9 Å². The molecule has 0 spiro atoms. The molecule has 1 aromatic heterocycles. The number of rotatable bonds is 7. The number of halogens is 1. The third kappa shape index (κ3) is 4.42. The predicted octanol–water partition coefficient (Wildman–Crippen LogP) is 3.64. The van der Waals surface area contributed by atoms with E-state index in [4.69, 9.17) is 4.74 Å². The van der Waals surface area contributed by atoms with E-state index in [1.165, 1.54) is 0 Å². The summed E-state index contributed by atoms with van der Waals surface area (Å²) in [6, 6.07) is 17.8. The van der Waals surface area contributed by atoms with E-state index in [1.807, 2.05) is 70.4 Å². The zero-order valence-corrected chi connectivity index (χ0v) is 17.0. The first-order valence-electron chi connectivity index (χ1n) is 9.29. The van der Waals surface area contributed by atoms with Crippen LogP contribution in [0.1, 0.15) is 23.7 Å². The number of hydrogen-bond acceptors (Lipinski definition) is 4. The van der Waals surface area contributed by atoms with Gasteiger partial charge in [-0.2, -0.15) is 0 Å². The number of amides is 1. The summed E-state index contributed by atoms with van der Waals surface area (Å²) in [5.74, 6) is 0.988. The van der Waals surface area contributed by atoms with Crippen LogP contribution < -0.4 is 4.74 Å². The highest BCUT2D eigenvalue weighted by Gasteiger charge is 2.32. The minimum absolute atomic E-state index is 0.180. The Kier molecular flexibility index (Phi) is 5.71. The van der Waals surface area contributed by atoms with Crippen LogP contribution in [0.5, 0.6) is 5.75 Å². The van der Waals surface area contributed by atoms with Crippen molar-refractivity contribution in [3.63, 3.8) is 0 Å². The van der Waals surface area contributed by atoms with E-state index in [2.05, 4.69) is 26.2 Å². The highest BCUT2D eigenvalue weighted by atomic mass is 79.9. The van der Waals surface area contributed by atoms with E-state index < -0.39 is 0 Å². The number of ether oxygens (including phenoxy) is 1. The fraction of sp³-hybridized carbons (Fsp3) is 0.286. The molecule has 1 aliphatic rings. The van der Waals surface area contributed by atoms with Crippen molar-refractivity contribution in [2.75, 3.05) is 13.1 Å². The van der Waals surface area contributed by atoms with Gasteiger partial charge in [-0.25, -0.2) is 4.68 Å². The van der Waals surface area contributed by atoms with Crippen molar-refractivity contribution in [3.8, 4) is 5.75 Å². The maximum atomic E-state index is 12.4. The molecule has 7 heteroatoms. The molecule has 0 unspecified atom stereocenters. The zero-order valence-electron chi connectivity index (χ0n) is 15.4. The van der Waals surface area contributed by atoms with Gasteiger partial charge < -0.3 is 9.64 Å². The Labute approximate surface area is 172 Å². The lowest BCUT2D eigenvalue weighted by molar-refractivity contribution is -0.137. The van der Waals surface area contributed by atoms with Gasteiger partial charge in [-0.3, -0.25) is 4.79 Å². The summed E-state index contributed by atoms with van der Waals surface area (Å²) >= 11 is 3.53. The standard InChI is InChI=1S/C21H21BrN4O2/c22-20-9-5-4-6-16(20)10-11-21(27)25-13-18(14-25)26-12-17(23-24-26)15-28-19-7-2-1-3-8-19/h1-9,12,18H,10-11,13-15H2. The molecule has 3 aromatic rings. The molecule has 2 heterocycles. The van der Waals surface area contributed by atoms with Crippen molar-refractivity contribution < 1.29 is 9.53 Å². The number of carbonyl (C=O) groups excluding carboxylic acids is 1. The van der Waals surface area contributed by atoms with Gasteiger partial charge in [0, 0.05) is 24.0 Å². The van der Waals surface area contributed by atoms with Crippen LogP contribution in [0, 0.1) is 0 Å². The lowest BCUT2D eigenvalue weighted by atomic mass is 10.1. The number of nitrogens with zero attached hydrogens (tertiary/aromatic N) is 4. The lowest BCUT2D eigenvalue weighted by Gasteiger charge is -2.39. The number of aromatic nitrogens is 3. The summed E-state index contributed by atoms with van der Waals surface area (Å²) in [5, 5.41) is 8.36. The summed E-state index contributed by atoms with van der Waals surface area (Å²) in [5.41, 5.74) is 1.94. The minimum Gasteiger partial charge on any atom is -0.487 e. The number of likely N-dealkylation sites (tertiary alicyclic amines) is 1. The fourth-order valence-electron chi connectivity index (χ4n) is 3.16. The second-order valence-corrected chi connectivity index (χ2v) is 7.69. The zero-order chi connectivity index (χ0) is 19.3. The number of hydrogen-bond donors (Lipinski definition) is 0. The molecule has 6 nitrogen and oxygen atoms in total. The first kappa shape index (κ1) is 18.7. The average molecular weight is 441 g/mol. The molecule has 1 fully saturated rings. The van der Waals surface area contributed by atoms with Gasteiger partial charge >= 0.3 is 0 Å². The molecule has 0 aliphatic carbocycles. The van der Waals surface area contributed by atoms with Gasteiger partial charge in [0.05, 0.1) is 12.2 Å². The monoisotopic (exact) mass is 440 g/mol. The molecule has 1 aliphatic heterocycles. The fourth-order valence-corrected chi connectivity index (χ4v) is 3.64. The number of para-hydroxylation sites is 1. The lowest BCUT2D eigenvalue weighted by Crippen LogP contribution is -2.51. The molecule has 4 rings (SSSR count). The Bertz CT molecular complexity index is 938. The third-order valence-electron chi connectivity index (χ3n) is 4.84. The van der Waals surface area contributed by atoms with Gasteiger partial charge in [-0.1, -0.05) is 57.5 Å². The Hall–Kier alpha value is -2.67. The summed E-state index contributed by atoms with van der Waals surface area (Å²) in [6.07, 6.45) is 3.16. The Morgan fingerprint density at radius 2 is 1.86 bits per heavy atom. The summed E-state index contributed by atoms with van der Waals surface area (Å²) in [4.78, 5) is 14.3. The molecule has 0 bridgehead atoms. The SMILES string of the molecule is O=C(CCc1ccccc1Br)N1CC(n2cc(COc3ccccc3)nn2)C1. The maximum Gasteiger partial charge on any atom is 0.223 e. The van der Waals surface area contributed by atoms with Gasteiger partial charge in [0.2, 0.25) is 5.91 Å². The van der Waals surface area contributed by atoms with Gasteiger partial charge in [-0.05, 0) is 30.2 Å². The molecular weight excluding hydrogens is 420 g/mol. The topological polar surface area (TPSA) is 60.2 Å². The van der Waals surface area contributed by atoms with E-state index in [9.17, 15) is 4.79 Å². The van der Waals surface area contributed by atoms with Crippen molar-refractivity contribution in [1.82, 2.24) is 19.9 Å². The number of aryl methyl sites for hydroxylation is 1. The molecular formula is C21H21BrN4O2. The first-order chi connectivity index (χ1) is 13.7. The van der Waals surface area contributed by atoms with Crippen LogP contribution in [0.2, 0.25) is 0 Å². The van der Waals surface area contributed by atoms with Crippen LogP contribution in [0.25, 0.3) is 0 Å². The van der Waals surface area contributed by atoms with Gasteiger partial charge in [0.1, 0.15) is 18.1 Å². The molecule has 0 saturated carbocycles. The highest BCUT2D eigenvalue weighted by molar-refractivity contribution is 9.10. The van der Waals surface area contributed by atoms with E-state index in [0.29, 0.717) is 26.1 Å². The number of carbonyl (C=O) groups is 1. The van der Waals surface area contributed by atoms with Crippen molar-refractivity contribution in [2.24, 2.45) is 0 Å². The molecule has 2 aromatic carbocycles. The molecule has 144 valence electrons. The average Bonchev–Trinajstić information content (AvgIpc) is 3.14. The van der Waals surface area contributed by atoms with E-state index in [-0.39, 0.29) is 11.9 Å². The van der Waals surface area contributed by atoms with Crippen molar-refractivity contribution in [2.45, 2.75) is 25.5 Å². The maximum absolute atomic E-state index is 12.4. The van der Waals surface area contributed by atoms with Crippen molar-refractivity contribution >= 4 is 21.8 Å². The smallest absolute Gasteiger partial charge is 0.223 e. The molecule has 0 N–H and O–H groups in total. The van der Waals surface area contributed by atoms with Crippen LogP contribution in [0.15, 0.2) is 65.3 Å². The molecule has 1 amide bonds. The molecule has 0 radical (unpaired) electrons. The Morgan fingerprint density at radius 1 is 1.11 bits per heavy atom. The van der Waals surface area contributed by atoms with Crippen LogP contribution in [0.4, 0.5) is 0 Å². The summed E-state index contributed by atoms with van der Waals surface area (Å²) < 4.78 is 8.58. The second-order valence-electron chi connectivity index (χ2n) is 6.84. The van der Waals surface area contributed by atoms with E-state index in [1.54, 1.807) is 0 Å². The van der Waals surface area contributed by atoms with Gasteiger partial charge in [0.25, 0.3) is 0 Å². The van der Waals surface area contributed by atoms with Crippen LogP contribution in [0.3, 0.4) is 0 Å². The summed E-state index contributed by atoms with van der Waals surface area (Å²) in [7, 11) is 0.